The summed E-state index contributed by atoms with van der Waals surface area (Å²) in [5.74, 6) is 0.786. The molecule has 1 aromatic carbocycles. The molecule has 1 atom stereocenters. The van der Waals surface area contributed by atoms with Crippen LogP contribution in [0, 0.1) is 5.92 Å². The van der Waals surface area contributed by atoms with E-state index in [4.69, 9.17) is 4.74 Å². The van der Waals surface area contributed by atoms with Crippen LogP contribution in [0.15, 0.2) is 35.9 Å². The van der Waals surface area contributed by atoms with Crippen LogP contribution in [0.5, 0.6) is 0 Å². The summed E-state index contributed by atoms with van der Waals surface area (Å²) in [6.45, 7) is 0.749. The maximum Gasteiger partial charge on any atom is 0.158 e. The Labute approximate surface area is 102 Å². The first-order valence-corrected chi connectivity index (χ1v) is 6.07. The summed E-state index contributed by atoms with van der Waals surface area (Å²) in [5, 5.41) is 0. The molecule has 1 aliphatic rings. The van der Waals surface area contributed by atoms with E-state index in [0.29, 0.717) is 18.1 Å². The van der Waals surface area contributed by atoms with Crippen molar-refractivity contribution in [3.63, 3.8) is 0 Å². The third kappa shape index (κ3) is 3.27. The summed E-state index contributed by atoms with van der Waals surface area (Å²) < 4.78 is 5.18. The van der Waals surface area contributed by atoms with Crippen molar-refractivity contribution >= 4 is 11.9 Å². The third-order valence-electron chi connectivity index (χ3n) is 3.19. The molecular formula is C15H18O2. The van der Waals surface area contributed by atoms with Crippen LogP contribution in [-0.2, 0) is 9.53 Å². The summed E-state index contributed by atoms with van der Waals surface area (Å²) in [4.78, 5) is 11.8. The highest BCUT2D eigenvalue weighted by Crippen LogP contribution is 2.27. The SMILES string of the molecule is COCC1CCC(=O)/C(=C\c2ccccc2)C1. The van der Waals surface area contributed by atoms with Gasteiger partial charge in [0, 0.05) is 20.1 Å². The molecule has 90 valence electrons. The number of hydrogen-bond donors (Lipinski definition) is 0. The number of methoxy groups -OCH3 is 1. The molecule has 17 heavy (non-hydrogen) atoms. The molecule has 0 aliphatic heterocycles. The van der Waals surface area contributed by atoms with Crippen LogP contribution in [0.4, 0.5) is 0 Å². The van der Waals surface area contributed by atoms with Crippen molar-refractivity contribution in [2.45, 2.75) is 19.3 Å². The molecule has 0 heterocycles. The van der Waals surface area contributed by atoms with Crippen LogP contribution < -0.4 is 0 Å². The van der Waals surface area contributed by atoms with Gasteiger partial charge < -0.3 is 4.74 Å². The quantitative estimate of drug-likeness (QED) is 0.746. The maximum absolute atomic E-state index is 11.8. The first-order valence-electron chi connectivity index (χ1n) is 6.07. The van der Waals surface area contributed by atoms with E-state index in [0.717, 1.165) is 30.6 Å². The van der Waals surface area contributed by atoms with Crippen molar-refractivity contribution in [2.24, 2.45) is 5.92 Å². The van der Waals surface area contributed by atoms with E-state index < -0.39 is 0 Å². The minimum absolute atomic E-state index is 0.293. The van der Waals surface area contributed by atoms with E-state index >= 15 is 0 Å². The molecule has 1 unspecified atom stereocenters. The number of benzene rings is 1. The summed E-state index contributed by atoms with van der Waals surface area (Å²) in [6.07, 6.45) is 4.48. The first-order chi connectivity index (χ1) is 8.29. The second-order valence-corrected chi connectivity index (χ2v) is 4.57. The lowest BCUT2D eigenvalue weighted by Gasteiger charge is -2.22. The number of rotatable bonds is 3. The second kappa shape index (κ2) is 5.78. The molecule has 0 amide bonds. The molecule has 2 rings (SSSR count). The normalized spacial score (nSPS) is 23.0. The Morgan fingerprint density at radius 1 is 1.35 bits per heavy atom. The zero-order valence-corrected chi connectivity index (χ0v) is 10.2. The highest BCUT2D eigenvalue weighted by molar-refractivity contribution is 6.00. The lowest BCUT2D eigenvalue weighted by Crippen LogP contribution is -2.20. The van der Waals surface area contributed by atoms with Gasteiger partial charge in [0.1, 0.15) is 0 Å². The van der Waals surface area contributed by atoms with Gasteiger partial charge in [-0.2, -0.15) is 0 Å². The molecule has 1 saturated carbocycles. The van der Waals surface area contributed by atoms with Gasteiger partial charge in [-0.15, -0.1) is 0 Å². The second-order valence-electron chi connectivity index (χ2n) is 4.57. The van der Waals surface area contributed by atoms with E-state index in [1.54, 1.807) is 7.11 Å². The molecule has 0 bridgehead atoms. The standard InChI is InChI=1S/C15H18O2/c1-17-11-13-7-8-15(16)14(10-13)9-12-5-3-2-4-6-12/h2-6,9,13H,7-8,10-11H2,1H3/b14-9-. The van der Waals surface area contributed by atoms with Gasteiger partial charge in [0.25, 0.3) is 0 Å². The Bertz CT molecular complexity index is 406. The molecule has 0 aromatic heterocycles. The zero-order valence-electron chi connectivity index (χ0n) is 10.2. The Balaban J connectivity index is 2.12. The predicted octanol–water partition coefficient (Wildman–Crippen LogP) is 3.09. The van der Waals surface area contributed by atoms with Crippen molar-refractivity contribution in [1.82, 2.24) is 0 Å². The largest absolute Gasteiger partial charge is 0.384 e. The summed E-state index contributed by atoms with van der Waals surface area (Å²) in [7, 11) is 1.72. The van der Waals surface area contributed by atoms with Crippen molar-refractivity contribution in [2.75, 3.05) is 13.7 Å². The molecule has 2 heteroatoms. The monoisotopic (exact) mass is 230 g/mol. The fourth-order valence-electron chi connectivity index (χ4n) is 2.29. The number of allylic oxidation sites excluding steroid dienone is 1. The van der Waals surface area contributed by atoms with Crippen molar-refractivity contribution in [3.05, 3.63) is 41.5 Å². The molecule has 1 aromatic rings. The fraction of sp³-hybridized carbons (Fsp3) is 0.400. The van der Waals surface area contributed by atoms with Gasteiger partial charge in [-0.3, -0.25) is 4.79 Å². The van der Waals surface area contributed by atoms with E-state index in [1.807, 2.05) is 36.4 Å². The van der Waals surface area contributed by atoms with Crippen molar-refractivity contribution in [3.8, 4) is 0 Å². The van der Waals surface area contributed by atoms with E-state index in [1.165, 1.54) is 0 Å². The molecular weight excluding hydrogens is 212 g/mol. The van der Waals surface area contributed by atoms with Gasteiger partial charge in [0.05, 0.1) is 0 Å². The highest BCUT2D eigenvalue weighted by Gasteiger charge is 2.23. The van der Waals surface area contributed by atoms with E-state index in [2.05, 4.69) is 0 Å². The molecule has 2 nitrogen and oxygen atoms in total. The number of ether oxygens (including phenoxy) is 1. The average molecular weight is 230 g/mol. The van der Waals surface area contributed by atoms with Crippen LogP contribution in [0.3, 0.4) is 0 Å². The number of carbonyl (C=O) groups excluding carboxylic acids is 1. The minimum atomic E-state index is 0.293. The number of hydrogen-bond acceptors (Lipinski definition) is 2. The lowest BCUT2D eigenvalue weighted by molar-refractivity contribution is -0.117. The zero-order chi connectivity index (χ0) is 12.1. The lowest BCUT2D eigenvalue weighted by atomic mass is 9.84. The molecule has 0 saturated heterocycles. The van der Waals surface area contributed by atoms with Crippen molar-refractivity contribution in [1.29, 1.82) is 0 Å². The minimum Gasteiger partial charge on any atom is -0.384 e. The summed E-state index contributed by atoms with van der Waals surface area (Å²) in [5.41, 5.74) is 2.05. The van der Waals surface area contributed by atoms with E-state index in [9.17, 15) is 4.79 Å². The van der Waals surface area contributed by atoms with Gasteiger partial charge in [-0.05, 0) is 36.0 Å². The average Bonchev–Trinajstić information content (AvgIpc) is 2.35. The first kappa shape index (κ1) is 12.1. The third-order valence-corrected chi connectivity index (χ3v) is 3.19. The Hall–Kier alpha value is -1.41. The van der Waals surface area contributed by atoms with Gasteiger partial charge in [-0.25, -0.2) is 0 Å². The Morgan fingerprint density at radius 3 is 2.82 bits per heavy atom. The molecule has 0 N–H and O–H groups in total. The van der Waals surface area contributed by atoms with Crippen LogP contribution in [-0.4, -0.2) is 19.5 Å². The van der Waals surface area contributed by atoms with E-state index in [-0.39, 0.29) is 0 Å². The van der Waals surface area contributed by atoms with Crippen LogP contribution in [0.1, 0.15) is 24.8 Å². The van der Waals surface area contributed by atoms with Gasteiger partial charge in [0.15, 0.2) is 5.78 Å². The van der Waals surface area contributed by atoms with Crippen molar-refractivity contribution < 1.29 is 9.53 Å². The van der Waals surface area contributed by atoms with Gasteiger partial charge in [-0.1, -0.05) is 30.3 Å². The van der Waals surface area contributed by atoms with Crippen LogP contribution in [0.25, 0.3) is 6.08 Å². The van der Waals surface area contributed by atoms with Crippen LogP contribution in [0.2, 0.25) is 0 Å². The fourth-order valence-corrected chi connectivity index (χ4v) is 2.29. The number of ketones is 1. The molecule has 1 aliphatic carbocycles. The molecule has 0 spiro atoms. The Kier molecular flexibility index (Phi) is 4.10. The number of carbonyl (C=O) groups is 1. The van der Waals surface area contributed by atoms with Crippen LogP contribution >= 0.6 is 0 Å². The Morgan fingerprint density at radius 2 is 2.12 bits per heavy atom. The maximum atomic E-state index is 11.8. The summed E-state index contributed by atoms with van der Waals surface area (Å²) >= 11 is 0. The molecule has 1 fully saturated rings. The highest BCUT2D eigenvalue weighted by atomic mass is 16.5. The topological polar surface area (TPSA) is 26.3 Å². The molecule has 0 radical (unpaired) electrons. The van der Waals surface area contributed by atoms with Gasteiger partial charge in [0.2, 0.25) is 0 Å². The van der Waals surface area contributed by atoms with Gasteiger partial charge >= 0.3 is 0 Å². The summed E-state index contributed by atoms with van der Waals surface area (Å²) in [6, 6.07) is 10.0. The predicted molar refractivity (Wildman–Crippen MR) is 68.6 cm³/mol. The smallest absolute Gasteiger partial charge is 0.158 e. The number of Topliss-reactive ketones (excluding diaryl/α,β-unsaturated/α-hetero) is 1.